The maximum atomic E-state index is 13.1. The number of nitrogens with zero attached hydrogens (tertiary/aromatic N) is 1. The SMILES string of the molecule is N#Cc1c(F)cccc1OCC(Cl)=CCl. The van der Waals surface area contributed by atoms with Crippen LogP contribution in [0.2, 0.25) is 0 Å². The summed E-state index contributed by atoms with van der Waals surface area (Å²) >= 11 is 10.9. The van der Waals surface area contributed by atoms with Crippen molar-refractivity contribution in [2.45, 2.75) is 0 Å². The van der Waals surface area contributed by atoms with Gasteiger partial charge in [-0.05, 0) is 12.1 Å². The first-order valence-electron chi connectivity index (χ1n) is 3.95. The van der Waals surface area contributed by atoms with Crippen LogP contribution in [0.15, 0.2) is 28.8 Å². The van der Waals surface area contributed by atoms with Gasteiger partial charge in [-0.1, -0.05) is 29.3 Å². The molecule has 0 bridgehead atoms. The zero-order valence-electron chi connectivity index (χ0n) is 7.51. The largest absolute Gasteiger partial charge is 0.486 e. The summed E-state index contributed by atoms with van der Waals surface area (Å²) in [6.45, 7) is 0.00316. The zero-order valence-corrected chi connectivity index (χ0v) is 9.02. The topological polar surface area (TPSA) is 33.0 Å². The Balaban J connectivity index is 2.87. The molecule has 1 aromatic carbocycles. The molecule has 0 fully saturated rings. The lowest BCUT2D eigenvalue weighted by Gasteiger charge is -2.06. The van der Waals surface area contributed by atoms with Gasteiger partial charge in [0, 0.05) is 5.54 Å². The molecule has 5 heteroatoms. The van der Waals surface area contributed by atoms with E-state index in [0.717, 1.165) is 5.54 Å². The van der Waals surface area contributed by atoms with E-state index < -0.39 is 5.82 Å². The van der Waals surface area contributed by atoms with Crippen LogP contribution in [-0.2, 0) is 0 Å². The van der Waals surface area contributed by atoms with E-state index in [4.69, 9.17) is 33.2 Å². The van der Waals surface area contributed by atoms with Crippen LogP contribution in [0.5, 0.6) is 5.75 Å². The molecule has 0 aromatic heterocycles. The van der Waals surface area contributed by atoms with Crippen LogP contribution in [0.25, 0.3) is 0 Å². The van der Waals surface area contributed by atoms with Crippen molar-refractivity contribution in [3.05, 3.63) is 40.1 Å². The highest BCUT2D eigenvalue weighted by Gasteiger charge is 2.08. The van der Waals surface area contributed by atoms with E-state index in [9.17, 15) is 4.39 Å². The monoisotopic (exact) mass is 245 g/mol. The second kappa shape index (κ2) is 5.59. The molecule has 0 unspecified atom stereocenters. The van der Waals surface area contributed by atoms with E-state index in [1.165, 1.54) is 18.2 Å². The Morgan fingerprint density at radius 1 is 1.60 bits per heavy atom. The van der Waals surface area contributed by atoms with Crippen molar-refractivity contribution in [3.63, 3.8) is 0 Å². The number of hydrogen-bond donors (Lipinski definition) is 0. The second-order valence-corrected chi connectivity index (χ2v) is 3.27. The molecule has 0 aliphatic rings. The molecular weight excluding hydrogens is 240 g/mol. The number of nitriles is 1. The van der Waals surface area contributed by atoms with Gasteiger partial charge >= 0.3 is 0 Å². The van der Waals surface area contributed by atoms with Gasteiger partial charge in [0.05, 0.1) is 5.03 Å². The minimum atomic E-state index is -0.624. The van der Waals surface area contributed by atoms with E-state index in [-0.39, 0.29) is 23.0 Å². The summed E-state index contributed by atoms with van der Waals surface area (Å²) in [5.41, 5.74) is 1.00. The fourth-order valence-electron chi connectivity index (χ4n) is 0.911. The van der Waals surface area contributed by atoms with E-state index >= 15 is 0 Å². The lowest BCUT2D eigenvalue weighted by atomic mass is 10.2. The maximum absolute atomic E-state index is 13.1. The lowest BCUT2D eigenvalue weighted by Crippen LogP contribution is -2.00. The summed E-state index contributed by atoms with van der Waals surface area (Å²) in [5.74, 6) is -0.477. The van der Waals surface area contributed by atoms with Crippen LogP contribution in [0.3, 0.4) is 0 Å². The molecule has 0 radical (unpaired) electrons. The normalized spacial score (nSPS) is 10.9. The highest BCUT2D eigenvalue weighted by Crippen LogP contribution is 2.21. The van der Waals surface area contributed by atoms with Crippen molar-refractivity contribution in [2.24, 2.45) is 0 Å². The second-order valence-electron chi connectivity index (χ2n) is 2.57. The van der Waals surface area contributed by atoms with Gasteiger partial charge in [-0.3, -0.25) is 0 Å². The van der Waals surface area contributed by atoms with Crippen LogP contribution in [0.4, 0.5) is 4.39 Å². The smallest absolute Gasteiger partial charge is 0.144 e. The molecule has 2 nitrogen and oxygen atoms in total. The molecule has 1 aromatic rings. The van der Waals surface area contributed by atoms with Gasteiger partial charge < -0.3 is 4.74 Å². The van der Waals surface area contributed by atoms with Gasteiger partial charge in [0.1, 0.15) is 29.8 Å². The van der Waals surface area contributed by atoms with Crippen molar-refractivity contribution in [3.8, 4) is 11.8 Å². The van der Waals surface area contributed by atoms with Crippen LogP contribution in [0, 0.1) is 17.1 Å². The number of halogens is 3. The van der Waals surface area contributed by atoms with Crippen molar-refractivity contribution in [1.29, 1.82) is 5.26 Å². The van der Waals surface area contributed by atoms with Gasteiger partial charge in [-0.25, -0.2) is 4.39 Å². The van der Waals surface area contributed by atoms with Crippen LogP contribution < -0.4 is 4.74 Å². The summed E-state index contributed by atoms with van der Waals surface area (Å²) in [5, 5.41) is 8.95. The molecule has 15 heavy (non-hydrogen) atoms. The van der Waals surface area contributed by atoms with Crippen LogP contribution in [0.1, 0.15) is 5.56 Å². The Kier molecular flexibility index (Phi) is 4.41. The predicted octanol–water partition coefficient (Wildman–Crippen LogP) is 3.40. The third kappa shape index (κ3) is 3.12. The first kappa shape index (κ1) is 11.8. The number of benzene rings is 1. The van der Waals surface area contributed by atoms with Gasteiger partial charge in [0.2, 0.25) is 0 Å². The predicted molar refractivity (Wildman–Crippen MR) is 56.4 cm³/mol. The van der Waals surface area contributed by atoms with Gasteiger partial charge in [-0.2, -0.15) is 5.26 Å². The molecule has 0 saturated heterocycles. The van der Waals surface area contributed by atoms with Gasteiger partial charge in [-0.15, -0.1) is 0 Å². The Hall–Kier alpha value is -1.24. The molecular formula is C10H6Cl2FNO. The third-order valence-corrected chi connectivity index (χ3v) is 2.16. The van der Waals surface area contributed by atoms with Crippen molar-refractivity contribution in [1.82, 2.24) is 0 Å². The van der Waals surface area contributed by atoms with Crippen LogP contribution >= 0.6 is 23.2 Å². The summed E-state index contributed by atoms with van der Waals surface area (Å²) in [7, 11) is 0. The van der Waals surface area contributed by atoms with Crippen molar-refractivity contribution < 1.29 is 9.13 Å². The highest BCUT2D eigenvalue weighted by atomic mass is 35.5. The molecule has 0 amide bonds. The molecule has 0 heterocycles. The van der Waals surface area contributed by atoms with E-state index in [1.54, 1.807) is 6.07 Å². The van der Waals surface area contributed by atoms with E-state index in [1.807, 2.05) is 0 Å². The summed E-state index contributed by atoms with van der Waals surface area (Å²) in [6, 6.07) is 5.83. The Morgan fingerprint density at radius 3 is 2.93 bits per heavy atom. The summed E-state index contributed by atoms with van der Waals surface area (Å²) < 4.78 is 18.2. The number of rotatable bonds is 3. The minimum absolute atomic E-state index is 0.00316. The molecule has 0 aliphatic heterocycles. The standard InChI is InChI=1S/C10H6Cl2FNO/c11-4-7(12)6-15-10-3-1-2-9(13)8(10)5-14/h1-4H,6H2. The average molecular weight is 246 g/mol. The molecule has 78 valence electrons. The first-order chi connectivity index (χ1) is 7.19. The number of hydrogen-bond acceptors (Lipinski definition) is 2. The molecule has 0 spiro atoms. The fraction of sp³-hybridized carbons (Fsp3) is 0.100. The Labute approximate surface area is 96.5 Å². The lowest BCUT2D eigenvalue weighted by molar-refractivity contribution is 0.355. The van der Waals surface area contributed by atoms with Gasteiger partial charge in [0.25, 0.3) is 0 Å². The van der Waals surface area contributed by atoms with Gasteiger partial charge in [0.15, 0.2) is 0 Å². The maximum Gasteiger partial charge on any atom is 0.144 e. The molecule has 1 rings (SSSR count). The van der Waals surface area contributed by atoms with Crippen molar-refractivity contribution >= 4 is 23.2 Å². The zero-order chi connectivity index (χ0) is 11.3. The summed E-state index contributed by atoms with van der Waals surface area (Å²) in [6.07, 6.45) is 0. The van der Waals surface area contributed by atoms with E-state index in [2.05, 4.69) is 0 Å². The Morgan fingerprint density at radius 2 is 2.33 bits per heavy atom. The van der Waals surface area contributed by atoms with Crippen molar-refractivity contribution in [2.75, 3.05) is 6.61 Å². The molecule has 0 N–H and O–H groups in total. The minimum Gasteiger partial charge on any atom is -0.486 e. The first-order valence-corrected chi connectivity index (χ1v) is 4.76. The number of ether oxygens (including phenoxy) is 1. The van der Waals surface area contributed by atoms with Crippen LogP contribution in [-0.4, -0.2) is 6.61 Å². The summed E-state index contributed by atoms with van der Waals surface area (Å²) in [4.78, 5) is 0. The third-order valence-electron chi connectivity index (χ3n) is 1.57. The van der Waals surface area contributed by atoms with E-state index in [0.29, 0.717) is 0 Å². The highest BCUT2D eigenvalue weighted by molar-refractivity contribution is 6.36. The Bertz CT molecular complexity index is 426. The molecule has 0 aliphatic carbocycles. The molecule has 0 saturated carbocycles. The fourth-order valence-corrected chi connectivity index (χ4v) is 1.03. The quantitative estimate of drug-likeness (QED) is 0.818. The molecule has 0 atom stereocenters. The average Bonchev–Trinajstić information content (AvgIpc) is 2.25.